The highest BCUT2D eigenvalue weighted by Gasteiger charge is 2.17. The number of likely N-dealkylation sites (N-methyl/N-ethyl adjacent to an activating group) is 1. The van der Waals surface area contributed by atoms with E-state index in [1.165, 1.54) is 19.4 Å². The topological polar surface area (TPSA) is 53.6 Å². The minimum Gasteiger partial charge on any atom is -0.444 e. The van der Waals surface area contributed by atoms with Crippen LogP contribution in [0.25, 0.3) is 0 Å². The molecule has 1 fully saturated rings. The third-order valence-corrected chi connectivity index (χ3v) is 2.85. The van der Waals surface area contributed by atoms with E-state index in [0.717, 1.165) is 13.1 Å². The fourth-order valence-corrected chi connectivity index (χ4v) is 2.09. The fourth-order valence-electron chi connectivity index (χ4n) is 2.09. The van der Waals surface area contributed by atoms with Gasteiger partial charge in [-0.2, -0.15) is 0 Å². The van der Waals surface area contributed by atoms with E-state index in [-0.39, 0.29) is 6.09 Å². The zero-order valence-electron chi connectivity index (χ0n) is 12.1. The van der Waals surface area contributed by atoms with Gasteiger partial charge in [0, 0.05) is 25.7 Å². The number of ether oxygens (including phenoxy) is 1. The SMILES string of the molecule is CN1CCCC(NCCNC(=O)OC(C)(C)C)C1. The van der Waals surface area contributed by atoms with Gasteiger partial charge in [-0.25, -0.2) is 4.79 Å². The van der Waals surface area contributed by atoms with Crippen molar-refractivity contribution in [1.82, 2.24) is 15.5 Å². The molecule has 1 atom stereocenters. The Bertz CT molecular complexity index is 263. The summed E-state index contributed by atoms with van der Waals surface area (Å²) in [7, 11) is 2.15. The maximum absolute atomic E-state index is 11.4. The first-order valence-corrected chi connectivity index (χ1v) is 6.75. The Hall–Kier alpha value is -0.810. The van der Waals surface area contributed by atoms with E-state index in [9.17, 15) is 4.79 Å². The van der Waals surface area contributed by atoms with Gasteiger partial charge in [-0.3, -0.25) is 0 Å². The van der Waals surface area contributed by atoms with Crippen molar-refractivity contribution < 1.29 is 9.53 Å². The Balaban J connectivity index is 2.06. The Morgan fingerprint density at radius 3 is 2.72 bits per heavy atom. The van der Waals surface area contributed by atoms with Crippen LogP contribution in [0.2, 0.25) is 0 Å². The quantitative estimate of drug-likeness (QED) is 0.743. The Morgan fingerprint density at radius 1 is 1.39 bits per heavy atom. The Kier molecular flexibility index (Phi) is 5.88. The number of nitrogens with one attached hydrogen (secondary N) is 2. The molecule has 0 bridgehead atoms. The summed E-state index contributed by atoms with van der Waals surface area (Å²) in [6, 6.07) is 0.546. The van der Waals surface area contributed by atoms with Crippen LogP contribution in [0, 0.1) is 0 Å². The Labute approximate surface area is 110 Å². The maximum atomic E-state index is 11.4. The van der Waals surface area contributed by atoms with Gasteiger partial charge in [0.25, 0.3) is 0 Å². The molecule has 0 aliphatic carbocycles. The van der Waals surface area contributed by atoms with Crippen molar-refractivity contribution in [1.29, 1.82) is 0 Å². The molecule has 0 aromatic carbocycles. The number of nitrogens with zero attached hydrogens (tertiary/aromatic N) is 1. The summed E-state index contributed by atoms with van der Waals surface area (Å²) in [5.74, 6) is 0. The third kappa shape index (κ3) is 6.81. The summed E-state index contributed by atoms with van der Waals surface area (Å²) < 4.78 is 5.16. The van der Waals surface area contributed by atoms with E-state index in [1.807, 2.05) is 20.8 Å². The molecule has 106 valence electrons. The van der Waals surface area contributed by atoms with Gasteiger partial charge in [0.15, 0.2) is 0 Å². The third-order valence-electron chi connectivity index (χ3n) is 2.85. The van der Waals surface area contributed by atoms with E-state index < -0.39 is 5.60 Å². The van der Waals surface area contributed by atoms with Crippen molar-refractivity contribution in [2.45, 2.75) is 45.3 Å². The van der Waals surface area contributed by atoms with Crippen LogP contribution in [-0.2, 0) is 4.74 Å². The fraction of sp³-hybridized carbons (Fsp3) is 0.923. The highest BCUT2D eigenvalue weighted by atomic mass is 16.6. The lowest BCUT2D eigenvalue weighted by Gasteiger charge is -2.30. The second kappa shape index (κ2) is 6.95. The van der Waals surface area contributed by atoms with Crippen molar-refractivity contribution in [3.05, 3.63) is 0 Å². The first-order chi connectivity index (χ1) is 8.37. The van der Waals surface area contributed by atoms with E-state index in [0.29, 0.717) is 12.6 Å². The molecule has 1 saturated heterocycles. The molecule has 1 unspecified atom stereocenters. The van der Waals surface area contributed by atoms with Gasteiger partial charge in [-0.1, -0.05) is 0 Å². The average Bonchev–Trinajstić information content (AvgIpc) is 2.22. The molecule has 0 spiro atoms. The van der Waals surface area contributed by atoms with E-state index in [1.54, 1.807) is 0 Å². The number of hydrogen-bond acceptors (Lipinski definition) is 4. The van der Waals surface area contributed by atoms with Crippen molar-refractivity contribution in [3.8, 4) is 0 Å². The van der Waals surface area contributed by atoms with Gasteiger partial charge < -0.3 is 20.3 Å². The minimum absolute atomic E-state index is 0.343. The van der Waals surface area contributed by atoms with Crippen LogP contribution >= 0.6 is 0 Å². The summed E-state index contributed by atoms with van der Waals surface area (Å²) in [6.07, 6.45) is 2.12. The smallest absolute Gasteiger partial charge is 0.407 e. The van der Waals surface area contributed by atoms with Gasteiger partial charge in [-0.15, -0.1) is 0 Å². The number of carbonyl (C=O) groups is 1. The lowest BCUT2D eigenvalue weighted by Crippen LogP contribution is -2.46. The van der Waals surface area contributed by atoms with Crippen molar-refractivity contribution in [2.24, 2.45) is 0 Å². The second-order valence-electron chi connectivity index (χ2n) is 5.98. The molecule has 1 heterocycles. The molecule has 1 aliphatic rings. The molecule has 1 rings (SSSR count). The molecular formula is C13H27N3O2. The molecule has 0 saturated carbocycles. The molecule has 5 nitrogen and oxygen atoms in total. The van der Waals surface area contributed by atoms with Crippen molar-refractivity contribution >= 4 is 6.09 Å². The zero-order valence-corrected chi connectivity index (χ0v) is 12.1. The first kappa shape index (κ1) is 15.2. The number of amides is 1. The normalized spacial score (nSPS) is 21.7. The summed E-state index contributed by atoms with van der Waals surface area (Å²) in [5.41, 5.74) is -0.427. The summed E-state index contributed by atoms with van der Waals surface area (Å²) in [6.45, 7) is 9.27. The lowest BCUT2D eigenvalue weighted by molar-refractivity contribution is 0.0527. The molecular weight excluding hydrogens is 230 g/mol. The zero-order chi connectivity index (χ0) is 13.6. The minimum atomic E-state index is -0.427. The Morgan fingerprint density at radius 2 is 2.11 bits per heavy atom. The average molecular weight is 257 g/mol. The number of rotatable bonds is 4. The number of carbonyl (C=O) groups excluding carboxylic acids is 1. The largest absolute Gasteiger partial charge is 0.444 e. The highest BCUT2D eigenvalue weighted by molar-refractivity contribution is 5.67. The van der Waals surface area contributed by atoms with Gasteiger partial charge >= 0.3 is 6.09 Å². The van der Waals surface area contributed by atoms with Crippen LogP contribution in [-0.4, -0.2) is 55.9 Å². The number of hydrogen-bond donors (Lipinski definition) is 2. The predicted molar refractivity (Wildman–Crippen MR) is 72.8 cm³/mol. The molecule has 18 heavy (non-hydrogen) atoms. The molecule has 0 aromatic heterocycles. The molecule has 1 amide bonds. The van der Waals surface area contributed by atoms with E-state index in [2.05, 4.69) is 22.6 Å². The molecule has 2 N–H and O–H groups in total. The predicted octanol–water partition coefficient (Wildman–Crippen LogP) is 1.19. The van der Waals surface area contributed by atoms with Crippen LogP contribution in [0.5, 0.6) is 0 Å². The van der Waals surface area contributed by atoms with E-state index >= 15 is 0 Å². The standard InChI is InChI=1S/C13H27N3O2/c1-13(2,3)18-12(17)15-8-7-14-11-6-5-9-16(4)10-11/h11,14H,5-10H2,1-4H3,(H,15,17). The number of piperidine rings is 1. The highest BCUT2D eigenvalue weighted by Crippen LogP contribution is 2.07. The van der Waals surface area contributed by atoms with Gasteiger partial charge in [0.05, 0.1) is 0 Å². The maximum Gasteiger partial charge on any atom is 0.407 e. The van der Waals surface area contributed by atoms with Crippen LogP contribution in [0.3, 0.4) is 0 Å². The summed E-state index contributed by atoms with van der Waals surface area (Å²) in [5, 5.41) is 6.21. The van der Waals surface area contributed by atoms with Crippen molar-refractivity contribution in [2.75, 3.05) is 33.2 Å². The lowest BCUT2D eigenvalue weighted by atomic mass is 10.1. The van der Waals surface area contributed by atoms with Crippen LogP contribution < -0.4 is 10.6 Å². The van der Waals surface area contributed by atoms with Gasteiger partial charge in [0.1, 0.15) is 5.60 Å². The summed E-state index contributed by atoms with van der Waals surface area (Å²) >= 11 is 0. The first-order valence-electron chi connectivity index (χ1n) is 6.75. The molecule has 0 aromatic rings. The van der Waals surface area contributed by atoms with Gasteiger partial charge in [-0.05, 0) is 47.2 Å². The van der Waals surface area contributed by atoms with Crippen LogP contribution in [0.1, 0.15) is 33.6 Å². The van der Waals surface area contributed by atoms with Crippen LogP contribution in [0.15, 0.2) is 0 Å². The molecule has 1 aliphatic heterocycles. The summed E-state index contributed by atoms with van der Waals surface area (Å²) in [4.78, 5) is 13.7. The monoisotopic (exact) mass is 257 g/mol. The van der Waals surface area contributed by atoms with Gasteiger partial charge in [0.2, 0.25) is 0 Å². The van der Waals surface area contributed by atoms with Crippen molar-refractivity contribution in [3.63, 3.8) is 0 Å². The van der Waals surface area contributed by atoms with Crippen LogP contribution in [0.4, 0.5) is 4.79 Å². The molecule has 0 radical (unpaired) electrons. The molecule has 5 heteroatoms. The second-order valence-corrected chi connectivity index (χ2v) is 5.98. The van der Waals surface area contributed by atoms with E-state index in [4.69, 9.17) is 4.74 Å². The number of alkyl carbamates (subject to hydrolysis) is 1. The number of likely N-dealkylation sites (tertiary alicyclic amines) is 1.